The maximum absolute atomic E-state index is 14.5. The normalized spacial score (nSPS) is 26.1. The van der Waals surface area contributed by atoms with Crippen LogP contribution in [0.3, 0.4) is 0 Å². The SMILES string of the molecule is Nc1ncnc2c1c(OC(F)F)nn2[C@@H]1O[C@H](CNS(=O)(=O)O)[C@@H](O)[C@@H]1F. The molecule has 150 valence electrons. The Labute approximate surface area is 149 Å². The summed E-state index contributed by atoms with van der Waals surface area (Å²) in [5, 5.41) is 13.3. The smallest absolute Gasteiger partial charge is 0.388 e. The van der Waals surface area contributed by atoms with Crippen molar-refractivity contribution in [2.75, 3.05) is 12.3 Å². The van der Waals surface area contributed by atoms with Gasteiger partial charge in [-0.3, -0.25) is 4.55 Å². The largest absolute Gasteiger partial charge is 0.414 e. The zero-order valence-corrected chi connectivity index (χ0v) is 13.9. The Balaban J connectivity index is 1.96. The summed E-state index contributed by atoms with van der Waals surface area (Å²) in [6, 6.07) is 0. The molecule has 0 aromatic carbocycles. The van der Waals surface area contributed by atoms with Gasteiger partial charge < -0.3 is 20.3 Å². The van der Waals surface area contributed by atoms with Gasteiger partial charge in [-0.25, -0.2) is 19.0 Å². The van der Waals surface area contributed by atoms with Crippen LogP contribution < -0.4 is 15.2 Å². The highest BCUT2D eigenvalue weighted by Gasteiger charge is 2.47. The van der Waals surface area contributed by atoms with Gasteiger partial charge in [0.15, 0.2) is 18.0 Å². The van der Waals surface area contributed by atoms with Gasteiger partial charge in [-0.1, -0.05) is 0 Å². The lowest BCUT2D eigenvalue weighted by Crippen LogP contribution is -2.38. The lowest BCUT2D eigenvalue weighted by molar-refractivity contribution is -0.0556. The minimum absolute atomic E-state index is 0.207. The van der Waals surface area contributed by atoms with Crippen molar-refractivity contribution in [3.63, 3.8) is 0 Å². The summed E-state index contributed by atoms with van der Waals surface area (Å²) >= 11 is 0. The molecule has 0 aliphatic carbocycles. The number of anilines is 1. The molecular formula is C11H13F3N6O6S. The molecular weight excluding hydrogens is 401 g/mol. The Bertz CT molecular complexity index is 942. The predicted octanol–water partition coefficient (Wildman–Crippen LogP) is -1.00. The van der Waals surface area contributed by atoms with Gasteiger partial charge in [0, 0.05) is 6.54 Å². The fourth-order valence-electron chi connectivity index (χ4n) is 2.57. The summed E-state index contributed by atoms with van der Waals surface area (Å²) in [6.07, 6.45) is -6.07. The number of nitrogens with one attached hydrogen (secondary N) is 1. The molecule has 16 heteroatoms. The molecule has 0 amide bonds. The molecule has 0 bridgehead atoms. The number of aliphatic hydroxyl groups excluding tert-OH is 1. The van der Waals surface area contributed by atoms with Crippen LogP contribution in [0, 0.1) is 0 Å². The van der Waals surface area contributed by atoms with Crippen LogP contribution in [0.4, 0.5) is 19.0 Å². The van der Waals surface area contributed by atoms with Crippen LogP contribution in [0.15, 0.2) is 6.33 Å². The molecule has 5 N–H and O–H groups in total. The van der Waals surface area contributed by atoms with E-state index >= 15 is 0 Å². The highest BCUT2D eigenvalue weighted by Crippen LogP contribution is 2.37. The molecule has 1 aliphatic heterocycles. The third-order valence-electron chi connectivity index (χ3n) is 3.69. The van der Waals surface area contributed by atoms with E-state index in [2.05, 4.69) is 19.8 Å². The molecule has 12 nitrogen and oxygen atoms in total. The van der Waals surface area contributed by atoms with Crippen molar-refractivity contribution >= 4 is 27.2 Å². The van der Waals surface area contributed by atoms with E-state index in [0.29, 0.717) is 0 Å². The van der Waals surface area contributed by atoms with Crippen molar-refractivity contribution < 1.29 is 40.7 Å². The quantitative estimate of drug-likeness (QED) is 0.429. The number of aromatic nitrogens is 4. The average Bonchev–Trinajstić information content (AvgIpc) is 3.04. The number of nitrogen functional groups attached to an aromatic ring is 1. The molecule has 27 heavy (non-hydrogen) atoms. The first kappa shape index (κ1) is 19.5. The Hall–Kier alpha value is -2.27. The first-order chi connectivity index (χ1) is 12.6. The van der Waals surface area contributed by atoms with Crippen molar-refractivity contribution in [3.8, 4) is 5.88 Å². The van der Waals surface area contributed by atoms with Crippen LogP contribution in [-0.4, -0.2) is 69.4 Å². The number of nitrogens with two attached hydrogens (primary N) is 1. The van der Waals surface area contributed by atoms with Gasteiger partial charge in [-0.15, -0.1) is 5.10 Å². The van der Waals surface area contributed by atoms with E-state index in [1.54, 1.807) is 4.72 Å². The topological polar surface area (TPSA) is 175 Å². The van der Waals surface area contributed by atoms with E-state index in [1.165, 1.54) is 0 Å². The number of aliphatic hydroxyl groups is 1. The second-order valence-corrected chi connectivity index (χ2v) is 6.65. The summed E-state index contributed by atoms with van der Waals surface area (Å²) < 4.78 is 81.6. The third kappa shape index (κ3) is 3.88. The molecule has 0 radical (unpaired) electrons. The van der Waals surface area contributed by atoms with Gasteiger partial charge in [-0.05, 0) is 0 Å². The molecule has 1 aliphatic rings. The molecule has 0 saturated carbocycles. The summed E-state index contributed by atoms with van der Waals surface area (Å²) in [5.41, 5.74) is 5.40. The number of alkyl halides is 3. The van der Waals surface area contributed by atoms with Crippen molar-refractivity contribution in [2.45, 2.75) is 31.2 Å². The monoisotopic (exact) mass is 414 g/mol. The molecule has 1 fully saturated rings. The van der Waals surface area contributed by atoms with E-state index in [-0.39, 0.29) is 16.9 Å². The van der Waals surface area contributed by atoms with E-state index in [4.69, 9.17) is 15.0 Å². The molecule has 0 unspecified atom stereocenters. The maximum Gasteiger partial charge on any atom is 0.388 e. The van der Waals surface area contributed by atoms with Gasteiger partial charge in [0.05, 0.1) is 0 Å². The van der Waals surface area contributed by atoms with E-state index in [9.17, 15) is 26.7 Å². The van der Waals surface area contributed by atoms with Crippen LogP contribution in [-0.2, 0) is 15.0 Å². The minimum atomic E-state index is -4.61. The molecule has 4 atom stereocenters. The second-order valence-electron chi connectivity index (χ2n) is 5.41. The van der Waals surface area contributed by atoms with Gasteiger partial charge >= 0.3 is 16.9 Å². The number of hydrogen-bond donors (Lipinski definition) is 4. The Morgan fingerprint density at radius 1 is 1.44 bits per heavy atom. The van der Waals surface area contributed by atoms with Crippen LogP contribution in [0.1, 0.15) is 6.23 Å². The fraction of sp³-hybridized carbons (Fsp3) is 0.545. The second kappa shape index (κ2) is 7.04. The summed E-state index contributed by atoms with van der Waals surface area (Å²) in [5.74, 6) is -0.941. The lowest BCUT2D eigenvalue weighted by atomic mass is 10.1. The summed E-state index contributed by atoms with van der Waals surface area (Å²) in [6.45, 7) is -3.92. The minimum Gasteiger partial charge on any atom is -0.414 e. The predicted molar refractivity (Wildman–Crippen MR) is 80.7 cm³/mol. The molecule has 3 heterocycles. The zero-order chi connectivity index (χ0) is 19.9. The van der Waals surface area contributed by atoms with Crippen LogP contribution in [0.5, 0.6) is 5.88 Å². The molecule has 0 spiro atoms. The third-order valence-corrected chi connectivity index (χ3v) is 4.22. The molecule has 2 aromatic heterocycles. The number of hydrogen-bond acceptors (Lipinski definition) is 9. The van der Waals surface area contributed by atoms with Gasteiger partial charge in [-0.2, -0.15) is 21.9 Å². The first-order valence-corrected chi connectivity index (χ1v) is 8.65. The number of halogens is 3. The van der Waals surface area contributed by atoms with Gasteiger partial charge in [0.25, 0.3) is 5.88 Å². The Morgan fingerprint density at radius 2 is 2.15 bits per heavy atom. The molecule has 1 saturated heterocycles. The number of rotatable bonds is 6. The number of fused-ring (bicyclic) bond motifs is 1. The summed E-state index contributed by atoms with van der Waals surface area (Å²) in [7, 11) is -4.61. The average molecular weight is 414 g/mol. The van der Waals surface area contributed by atoms with Crippen LogP contribution in [0.2, 0.25) is 0 Å². The van der Waals surface area contributed by atoms with E-state index in [1.807, 2.05) is 0 Å². The number of nitrogens with zero attached hydrogens (tertiary/aromatic N) is 4. The highest BCUT2D eigenvalue weighted by atomic mass is 32.2. The molecule has 3 rings (SSSR count). The van der Waals surface area contributed by atoms with Crippen molar-refractivity contribution in [2.24, 2.45) is 0 Å². The first-order valence-electron chi connectivity index (χ1n) is 7.21. The van der Waals surface area contributed by atoms with Crippen LogP contribution >= 0.6 is 0 Å². The highest BCUT2D eigenvalue weighted by molar-refractivity contribution is 7.83. The van der Waals surface area contributed by atoms with Gasteiger partial charge in [0.1, 0.15) is 29.7 Å². The lowest BCUT2D eigenvalue weighted by Gasteiger charge is -2.14. The van der Waals surface area contributed by atoms with E-state index < -0.39 is 53.9 Å². The van der Waals surface area contributed by atoms with Crippen molar-refractivity contribution in [1.29, 1.82) is 0 Å². The van der Waals surface area contributed by atoms with Gasteiger partial charge in [0.2, 0.25) is 0 Å². The standard InChI is InChI=1S/C11H13F3N6O6S/c12-5-6(21)3(1-18-27(22,23)24)25-10(5)20-8-4(7(15)16-2-17-8)9(19-20)26-11(13)14/h2-3,5-6,10-11,18,21H,1H2,(H2,15,16,17)(H,22,23,24)/t3-,5+,6-,10-/m1/s1. The molecule has 2 aromatic rings. The Kier molecular flexibility index (Phi) is 5.08. The Morgan fingerprint density at radius 3 is 2.78 bits per heavy atom. The fourth-order valence-corrected chi connectivity index (χ4v) is 2.94. The maximum atomic E-state index is 14.5. The van der Waals surface area contributed by atoms with E-state index in [0.717, 1.165) is 11.0 Å². The summed E-state index contributed by atoms with van der Waals surface area (Å²) in [4.78, 5) is 7.41. The van der Waals surface area contributed by atoms with Crippen molar-refractivity contribution in [1.82, 2.24) is 24.5 Å². The zero-order valence-electron chi connectivity index (χ0n) is 13.1. The van der Waals surface area contributed by atoms with Crippen molar-refractivity contribution in [3.05, 3.63) is 6.33 Å². The van der Waals surface area contributed by atoms with Crippen LogP contribution in [0.25, 0.3) is 11.0 Å². The number of ether oxygens (including phenoxy) is 2.